The summed E-state index contributed by atoms with van der Waals surface area (Å²) in [7, 11) is 0. The van der Waals surface area contributed by atoms with Crippen molar-refractivity contribution in [2.24, 2.45) is 0 Å². The first kappa shape index (κ1) is 17.7. The van der Waals surface area contributed by atoms with Crippen LogP contribution >= 0.6 is 11.3 Å². The minimum atomic E-state index is -0.316. The Hall–Kier alpha value is -3.39. The topological polar surface area (TPSA) is 80.8 Å². The van der Waals surface area contributed by atoms with Gasteiger partial charge >= 0.3 is 0 Å². The third-order valence-electron chi connectivity index (χ3n) is 5.00. The minimum absolute atomic E-state index is 0.126. The molecule has 1 N–H and O–H groups in total. The van der Waals surface area contributed by atoms with Crippen molar-refractivity contribution in [2.75, 3.05) is 18.7 Å². The van der Waals surface area contributed by atoms with Gasteiger partial charge in [-0.1, -0.05) is 24.3 Å². The molecule has 0 atom stereocenters. The van der Waals surface area contributed by atoms with E-state index < -0.39 is 0 Å². The van der Waals surface area contributed by atoms with Crippen molar-refractivity contribution in [1.82, 2.24) is 9.88 Å². The first-order valence-corrected chi connectivity index (χ1v) is 10.1. The molecule has 0 fully saturated rings. The maximum Gasteiger partial charge on any atom is 0.273 e. The fourth-order valence-corrected chi connectivity index (χ4v) is 4.15. The van der Waals surface area contributed by atoms with Crippen molar-refractivity contribution in [3.8, 4) is 11.5 Å². The number of carbonyl (C=O) groups is 2. The number of benzene rings is 2. The van der Waals surface area contributed by atoms with Crippen molar-refractivity contribution in [3.05, 3.63) is 70.2 Å². The lowest BCUT2D eigenvalue weighted by Crippen LogP contribution is -2.36. The second kappa shape index (κ2) is 7.21. The highest BCUT2D eigenvalue weighted by Gasteiger charge is 2.24. The third-order valence-corrected chi connectivity index (χ3v) is 5.75. The summed E-state index contributed by atoms with van der Waals surface area (Å²) in [5.74, 6) is 0.715. The number of nitrogens with zero attached hydrogens (tertiary/aromatic N) is 2. The summed E-state index contributed by atoms with van der Waals surface area (Å²) in [5.41, 5.74) is 3.23. The van der Waals surface area contributed by atoms with Crippen molar-refractivity contribution in [3.63, 3.8) is 0 Å². The molecule has 2 aromatic carbocycles. The van der Waals surface area contributed by atoms with Crippen molar-refractivity contribution >= 4 is 28.3 Å². The van der Waals surface area contributed by atoms with Crippen LogP contribution in [-0.4, -0.2) is 35.0 Å². The standard InChI is InChI=1S/C21H17N3O4S/c25-19(14-5-6-17-18(9-14)28-12-27-17)23-21-22-16(11-29-21)20(26)24-8-7-13-3-1-2-4-15(13)10-24/h1-6,9,11H,7-8,10,12H2,(H,22,23,25). The molecule has 3 aromatic rings. The van der Waals surface area contributed by atoms with Gasteiger partial charge in [-0.3, -0.25) is 14.9 Å². The molecule has 0 radical (unpaired) electrons. The predicted molar refractivity (Wildman–Crippen MR) is 108 cm³/mol. The van der Waals surface area contributed by atoms with Gasteiger partial charge < -0.3 is 14.4 Å². The van der Waals surface area contributed by atoms with Crippen LogP contribution in [0.1, 0.15) is 32.0 Å². The van der Waals surface area contributed by atoms with E-state index in [-0.39, 0.29) is 18.6 Å². The van der Waals surface area contributed by atoms with E-state index in [0.29, 0.717) is 41.0 Å². The van der Waals surface area contributed by atoms with Crippen molar-refractivity contribution in [2.45, 2.75) is 13.0 Å². The minimum Gasteiger partial charge on any atom is -0.454 e. The molecule has 2 aliphatic rings. The van der Waals surface area contributed by atoms with E-state index in [1.54, 1.807) is 28.5 Å². The molecule has 0 saturated carbocycles. The van der Waals surface area contributed by atoms with Gasteiger partial charge in [-0.25, -0.2) is 4.98 Å². The van der Waals surface area contributed by atoms with E-state index in [0.717, 1.165) is 6.42 Å². The van der Waals surface area contributed by atoms with Gasteiger partial charge in [0, 0.05) is 24.0 Å². The van der Waals surface area contributed by atoms with E-state index in [1.807, 2.05) is 18.2 Å². The Morgan fingerprint density at radius 2 is 1.90 bits per heavy atom. The quantitative estimate of drug-likeness (QED) is 0.720. The maximum absolute atomic E-state index is 12.8. The summed E-state index contributed by atoms with van der Waals surface area (Å²) < 4.78 is 10.6. The highest BCUT2D eigenvalue weighted by molar-refractivity contribution is 7.14. The number of thiazole rings is 1. The molecule has 7 nitrogen and oxygen atoms in total. The van der Waals surface area contributed by atoms with Gasteiger partial charge in [-0.15, -0.1) is 11.3 Å². The Labute approximate surface area is 170 Å². The van der Waals surface area contributed by atoms with Gasteiger partial charge in [-0.05, 0) is 35.7 Å². The van der Waals surface area contributed by atoms with E-state index in [1.165, 1.54) is 22.5 Å². The van der Waals surface area contributed by atoms with E-state index in [4.69, 9.17) is 9.47 Å². The summed E-state index contributed by atoms with van der Waals surface area (Å²) in [6.45, 7) is 1.39. The number of nitrogens with one attached hydrogen (secondary N) is 1. The molecule has 0 spiro atoms. The number of ether oxygens (including phenoxy) is 2. The molecule has 2 amide bonds. The first-order valence-electron chi connectivity index (χ1n) is 9.20. The lowest BCUT2D eigenvalue weighted by Gasteiger charge is -2.28. The SMILES string of the molecule is O=C(Nc1nc(C(=O)N2CCc3ccccc3C2)cs1)c1ccc2c(c1)OCO2. The molecule has 0 unspecified atom stereocenters. The lowest BCUT2D eigenvalue weighted by atomic mass is 10.00. The summed E-state index contributed by atoms with van der Waals surface area (Å²) in [6, 6.07) is 13.1. The number of carbonyl (C=O) groups excluding carboxylic acids is 2. The van der Waals surface area contributed by atoms with Gasteiger partial charge in [0.2, 0.25) is 6.79 Å². The molecule has 29 heavy (non-hydrogen) atoms. The maximum atomic E-state index is 12.8. The Morgan fingerprint density at radius 3 is 2.79 bits per heavy atom. The average Bonchev–Trinajstić information content (AvgIpc) is 3.41. The molecule has 146 valence electrons. The molecule has 0 saturated heterocycles. The van der Waals surface area contributed by atoms with Crippen LogP contribution in [0.2, 0.25) is 0 Å². The molecule has 1 aromatic heterocycles. The highest BCUT2D eigenvalue weighted by Crippen LogP contribution is 2.32. The van der Waals surface area contributed by atoms with Crippen LogP contribution in [0, 0.1) is 0 Å². The zero-order valence-electron chi connectivity index (χ0n) is 15.4. The smallest absolute Gasteiger partial charge is 0.273 e. The van der Waals surface area contributed by atoms with Crippen molar-refractivity contribution < 1.29 is 19.1 Å². The molecule has 5 rings (SSSR count). The van der Waals surface area contributed by atoms with Crippen LogP contribution < -0.4 is 14.8 Å². The molecule has 3 heterocycles. The summed E-state index contributed by atoms with van der Waals surface area (Å²) in [5, 5.41) is 4.81. The van der Waals surface area contributed by atoms with Gasteiger partial charge in [0.05, 0.1) is 0 Å². The number of anilines is 1. The van der Waals surface area contributed by atoms with Crippen LogP contribution in [-0.2, 0) is 13.0 Å². The normalized spacial score (nSPS) is 14.4. The van der Waals surface area contributed by atoms with Gasteiger partial charge in [0.25, 0.3) is 11.8 Å². The van der Waals surface area contributed by atoms with Gasteiger partial charge in [0.1, 0.15) is 5.69 Å². The number of hydrogen-bond donors (Lipinski definition) is 1. The molecule has 8 heteroatoms. The summed E-state index contributed by atoms with van der Waals surface area (Å²) in [6.07, 6.45) is 0.833. The molecule has 2 aliphatic heterocycles. The van der Waals surface area contributed by atoms with Crippen LogP contribution in [0.15, 0.2) is 47.8 Å². The fourth-order valence-electron chi connectivity index (χ4n) is 3.47. The zero-order chi connectivity index (χ0) is 19.8. The second-order valence-corrected chi connectivity index (χ2v) is 7.66. The van der Waals surface area contributed by atoms with Gasteiger partial charge in [-0.2, -0.15) is 0 Å². The van der Waals surface area contributed by atoms with E-state index in [9.17, 15) is 9.59 Å². The van der Waals surface area contributed by atoms with E-state index in [2.05, 4.69) is 16.4 Å². The first-order chi connectivity index (χ1) is 14.2. The Bertz CT molecular complexity index is 1110. The van der Waals surface area contributed by atoms with Crippen LogP contribution in [0.5, 0.6) is 11.5 Å². The second-order valence-electron chi connectivity index (χ2n) is 6.81. The molecule has 0 aliphatic carbocycles. The highest BCUT2D eigenvalue weighted by atomic mass is 32.1. The third kappa shape index (κ3) is 3.42. The van der Waals surface area contributed by atoms with Crippen LogP contribution in [0.4, 0.5) is 5.13 Å². The van der Waals surface area contributed by atoms with Crippen LogP contribution in [0.3, 0.4) is 0 Å². The Balaban J connectivity index is 1.27. The van der Waals surface area contributed by atoms with E-state index >= 15 is 0 Å². The summed E-state index contributed by atoms with van der Waals surface area (Å²) in [4.78, 5) is 31.4. The number of amides is 2. The van der Waals surface area contributed by atoms with Crippen molar-refractivity contribution in [1.29, 1.82) is 0 Å². The molecular formula is C21H17N3O4S. The van der Waals surface area contributed by atoms with Crippen LogP contribution in [0.25, 0.3) is 0 Å². The fraction of sp³-hybridized carbons (Fsp3) is 0.190. The Morgan fingerprint density at radius 1 is 1.07 bits per heavy atom. The number of hydrogen-bond acceptors (Lipinski definition) is 6. The van der Waals surface area contributed by atoms with Gasteiger partial charge in [0.15, 0.2) is 16.6 Å². The number of rotatable bonds is 3. The zero-order valence-corrected chi connectivity index (χ0v) is 16.2. The predicted octanol–water partition coefficient (Wildman–Crippen LogP) is 3.32. The summed E-state index contributed by atoms with van der Waals surface area (Å²) >= 11 is 1.23. The average molecular weight is 407 g/mol. The molecular weight excluding hydrogens is 390 g/mol. The molecule has 0 bridgehead atoms. The lowest BCUT2D eigenvalue weighted by molar-refractivity contribution is 0.0729. The monoisotopic (exact) mass is 407 g/mol. The Kier molecular flexibility index (Phi) is 4.40. The largest absolute Gasteiger partial charge is 0.454 e. The number of aromatic nitrogens is 1. The number of fused-ring (bicyclic) bond motifs is 2.